The smallest absolute Gasteiger partial charge is 0.226 e. The van der Waals surface area contributed by atoms with E-state index in [0.29, 0.717) is 11.0 Å². The summed E-state index contributed by atoms with van der Waals surface area (Å²) in [6, 6.07) is 7.61. The molecule has 0 fully saturated rings. The molecular formula is C14H12BrClN4S. The van der Waals surface area contributed by atoms with Gasteiger partial charge in [0, 0.05) is 16.0 Å². The van der Waals surface area contributed by atoms with E-state index in [1.807, 2.05) is 36.6 Å². The van der Waals surface area contributed by atoms with Gasteiger partial charge < -0.3 is 10.6 Å². The molecule has 21 heavy (non-hydrogen) atoms. The molecule has 7 heteroatoms. The third-order valence-corrected chi connectivity index (χ3v) is 4.57. The van der Waals surface area contributed by atoms with Crippen LogP contribution in [-0.4, -0.2) is 16.5 Å². The molecule has 0 amide bonds. The molecule has 0 radical (unpaired) electrons. The number of nitrogens with zero attached hydrogens (tertiary/aromatic N) is 2. The largest absolute Gasteiger partial charge is 0.354 e. The Morgan fingerprint density at radius 3 is 2.95 bits per heavy atom. The second kappa shape index (κ2) is 6.17. The second-order valence-electron chi connectivity index (χ2n) is 4.31. The predicted octanol–water partition coefficient (Wildman–Crippen LogP) is 5.28. The lowest BCUT2D eigenvalue weighted by atomic mass is 10.3. The van der Waals surface area contributed by atoms with Crippen LogP contribution in [0.1, 0.15) is 6.92 Å². The Labute approximate surface area is 139 Å². The molecule has 3 aromatic rings. The van der Waals surface area contributed by atoms with Crippen LogP contribution in [0.15, 0.2) is 34.1 Å². The van der Waals surface area contributed by atoms with Gasteiger partial charge in [-0.3, -0.25) is 0 Å². The highest BCUT2D eigenvalue weighted by Crippen LogP contribution is 2.32. The van der Waals surface area contributed by atoms with E-state index in [4.69, 9.17) is 11.6 Å². The first kappa shape index (κ1) is 14.6. The van der Waals surface area contributed by atoms with Crippen LogP contribution in [0.25, 0.3) is 10.2 Å². The summed E-state index contributed by atoms with van der Waals surface area (Å²) in [6.07, 6.45) is 0. The average Bonchev–Trinajstić information content (AvgIpc) is 2.92. The lowest BCUT2D eigenvalue weighted by Crippen LogP contribution is -2.04. The summed E-state index contributed by atoms with van der Waals surface area (Å²) in [4.78, 5) is 9.97. The summed E-state index contributed by atoms with van der Waals surface area (Å²) in [5, 5.41) is 10.1. The van der Waals surface area contributed by atoms with Crippen molar-refractivity contribution in [3.8, 4) is 0 Å². The van der Waals surface area contributed by atoms with Crippen LogP contribution in [-0.2, 0) is 0 Å². The molecule has 0 bridgehead atoms. The highest BCUT2D eigenvalue weighted by atomic mass is 79.9. The number of rotatable bonds is 4. The quantitative estimate of drug-likeness (QED) is 0.643. The van der Waals surface area contributed by atoms with Gasteiger partial charge in [-0.15, -0.1) is 11.3 Å². The van der Waals surface area contributed by atoms with Crippen LogP contribution in [0.3, 0.4) is 0 Å². The maximum Gasteiger partial charge on any atom is 0.226 e. The number of fused-ring (bicyclic) bond motifs is 1. The molecule has 0 aliphatic heterocycles. The Hall–Kier alpha value is -1.37. The Balaban J connectivity index is 2.06. The zero-order valence-electron chi connectivity index (χ0n) is 11.2. The number of nitrogens with one attached hydrogen (secondary N) is 2. The molecule has 0 spiro atoms. The molecule has 0 saturated carbocycles. The molecule has 0 aliphatic carbocycles. The standard InChI is InChI=1S/C14H12BrClN4S/c1-2-17-14-19-12(9-5-6-21-13(9)20-14)18-11-7-8(16)3-4-10(11)15/h3-7H,2H2,1H3,(H2,17,18,19,20). The summed E-state index contributed by atoms with van der Waals surface area (Å²) < 4.78 is 0.930. The predicted molar refractivity (Wildman–Crippen MR) is 94.0 cm³/mol. The highest BCUT2D eigenvalue weighted by Gasteiger charge is 2.10. The minimum absolute atomic E-state index is 0.619. The van der Waals surface area contributed by atoms with Crippen molar-refractivity contribution in [2.45, 2.75) is 6.92 Å². The fraction of sp³-hybridized carbons (Fsp3) is 0.143. The lowest BCUT2D eigenvalue weighted by Gasteiger charge is -2.11. The minimum atomic E-state index is 0.619. The summed E-state index contributed by atoms with van der Waals surface area (Å²) >= 11 is 11.2. The van der Waals surface area contributed by atoms with Crippen molar-refractivity contribution in [2.75, 3.05) is 17.2 Å². The fourth-order valence-electron chi connectivity index (χ4n) is 1.91. The number of aromatic nitrogens is 2. The van der Waals surface area contributed by atoms with Crippen LogP contribution in [0.2, 0.25) is 5.02 Å². The molecular weight excluding hydrogens is 372 g/mol. The first-order valence-electron chi connectivity index (χ1n) is 6.38. The molecule has 4 nitrogen and oxygen atoms in total. The molecule has 0 saturated heterocycles. The zero-order chi connectivity index (χ0) is 14.8. The van der Waals surface area contributed by atoms with E-state index < -0.39 is 0 Å². The van der Waals surface area contributed by atoms with Crippen molar-refractivity contribution in [1.82, 2.24) is 9.97 Å². The molecule has 3 rings (SSSR count). The van der Waals surface area contributed by atoms with Gasteiger partial charge in [-0.25, -0.2) is 4.98 Å². The van der Waals surface area contributed by atoms with Gasteiger partial charge in [0.1, 0.15) is 10.6 Å². The van der Waals surface area contributed by atoms with Crippen LogP contribution in [0, 0.1) is 0 Å². The number of benzene rings is 1. The Bertz CT molecular complexity index is 790. The number of anilines is 3. The number of thiophene rings is 1. The molecule has 0 unspecified atom stereocenters. The average molecular weight is 384 g/mol. The van der Waals surface area contributed by atoms with Crippen LogP contribution in [0.5, 0.6) is 0 Å². The Morgan fingerprint density at radius 2 is 2.14 bits per heavy atom. The van der Waals surface area contributed by atoms with Gasteiger partial charge in [0.05, 0.1) is 11.1 Å². The molecule has 108 valence electrons. The van der Waals surface area contributed by atoms with Crippen LogP contribution < -0.4 is 10.6 Å². The van der Waals surface area contributed by atoms with E-state index in [9.17, 15) is 0 Å². The highest BCUT2D eigenvalue weighted by molar-refractivity contribution is 9.10. The van der Waals surface area contributed by atoms with Gasteiger partial charge >= 0.3 is 0 Å². The Kier molecular flexibility index (Phi) is 4.28. The third-order valence-electron chi connectivity index (χ3n) is 2.84. The van der Waals surface area contributed by atoms with Gasteiger partial charge in [-0.05, 0) is 52.5 Å². The van der Waals surface area contributed by atoms with Crippen molar-refractivity contribution >= 4 is 66.5 Å². The summed E-state index contributed by atoms with van der Waals surface area (Å²) in [6.45, 7) is 2.79. The molecule has 1 aromatic carbocycles. The topological polar surface area (TPSA) is 49.8 Å². The summed E-state index contributed by atoms with van der Waals surface area (Å²) in [7, 11) is 0. The van der Waals surface area contributed by atoms with Crippen molar-refractivity contribution in [2.24, 2.45) is 0 Å². The summed E-state index contributed by atoms with van der Waals surface area (Å²) in [5.74, 6) is 1.38. The van der Waals surface area contributed by atoms with E-state index in [2.05, 4.69) is 36.5 Å². The van der Waals surface area contributed by atoms with Crippen LogP contribution in [0.4, 0.5) is 17.5 Å². The lowest BCUT2D eigenvalue weighted by molar-refractivity contribution is 1.11. The van der Waals surface area contributed by atoms with E-state index in [-0.39, 0.29) is 0 Å². The maximum absolute atomic E-state index is 6.06. The number of hydrogen-bond donors (Lipinski definition) is 2. The molecule has 0 atom stereocenters. The summed E-state index contributed by atoms with van der Waals surface area (Å²) in [5.41, 5.74) is 0.871. The van der Waals surface area contributed by atoms with E-state index in [1.54, 1.807) is 11.3 Å². The number of halogens is 2. The zero-order valence-corrected chi connectivity index (χ0v) is 14.3. The molecule has 0 aliphatic rings. The number of hydrogen-bond acceptors (Lipinski definition) is 5. The van der Waals surface area contributed by atoms with Gasteiger partial charge in [0.2, 0.25) is 5.95 Å². The van der Waals surface area contributed by atoms with Crippen molar-refractivity contribution in [3.05, 3.63) is 39.1 Å². The van der Waals surface area contributed by atoms with Crippen molar-refractivity contribution in [3.63, 3.8) is 0 Å². The molecule has 2 N–H and O–H groups in total. The second-order valence-corrected chi connectivity index (χ2v) is 6.50. The normalized spacial score (nSPS) is 10.8. The van der Waals surface area contributed by atoms with E-state index in [1.165, 1.54) is 0 Å². The van der Waals surface area contributed by atoms with E-state index in [0.717, 1.165) is 32.7 Å². The van der Waals surface area contributed by atoms with Gasteiger partial charge in [0.15, 0.2) is 0 Å². The minimum Gasteiger partial charge on any atom is -0.354 e. The molecule has 2 aromatic heterocycles. The third kappa shape index (κ3) is 3.12. The van der Waals surface area contributed by atoms with Gasteiger partial charge in [0.25, 0.3) is 0 Å². The fourth-order valence-corrected chi connectivity index (χ4v) is 3.19. The van der Waals surface area contributed by atoms with Crippen molar-refractivity contribution < 1.29 is 0 Å². The van der Waals surface area contributed by atoms with E-state index >= 15 is 0 Å². The first-order valence-corrected chi connectivity index (χ1v) is 8.43. The first-order chi connectivity index (χ1) is 10.2. The Morgan fingerprint density at radius 1 is 1.29 bits per heavy atom. The van der Waals surface area contributed by atoms with Crippen molar-refractivity contribution in [1.29, 1.82) is 0 Å². The van der Waals surface area contributed by atoms with Gasteiger partial charge in [-0.2, -0.15) is 4.98 Å². The van der Waals surface area contributed by atoms with Gasteiger partial charge in [-0.1, -0.05) is 11.6 Å². The van der Waals surface area contributed by atoms with Crippen LogP contribution >= 0.6 is 38.9 Å². The SMILES string of the molecule is CCNc1nc(Nc2cc(Cl)ccc2Br)c2ccsc2n1. The monoisotopic (exact) mass is 382 g/mol. The maximum atomic E-state index is 6.06. The molecule has 2 heterocycles.